The number of amides is 1. The van der Waals surface area contributed by atoms with Crippen LogP contribution in [0.25, 0.3) is 0 Å². The lowest BCUT2D eigenvalue weighted by atomic mass is 10.2. The highest BCUT2D eigenvalue weighted by Gasteiger charge is 2.09. The van der Waals surface area contributed by atoms with Crippen molar-refractivity contribution in [2.24, 2.45) is 5.73 Å². The summed E-state index contributed by atoms with van der Waals surface area (Å²) in [5.74, 6) is -1.11. The van der Waals surface area contributed by atoms with Crippen molar-refractivity contribution in [2.75, 3.05) is 11.9 Å². The lowest BCUT2D eigenvalue weighted by molar-refractivity contribution is -0.118. The fourth-order valence-electron chi connectivity index (χ4n) is 1.19. The summed E-state index contributed by atoms with van der Waals surface area (Å²) in [6, 6.07) is 3.02. The number of nitrogens with one attached hydrogen (secondary N) is 1. The number of hydrogen-bond donors (Lipinski definition) is 3. The van der Waals surface area contributed by atoms with Crippen molar-refractivity contribution in [1.82, 2.24) is 4.98 Å². The van der Waals surface area contributed by atoms with E-state index in [4.69, 9.17) is 10.8 Å². The van der Waals surface area contributed by atoms with Gasteiger partial charge in [0.2, 0.25) is 5.91 Å². The minimum Gasteiger partial charge on any atom is -0.478 e. The maximum atomic E-state index is 10.8. The summed E-state index contributed by atoms with van der Waals surface area (Å²) in [5.41, 5.74) is 5.09. The van der Waals surface area contributed by atoms with Gasteiger partial charge in [-0.1, -0.05) is 0 Å². The number of hydrogen-bond acceptors (Lipinski definition) is 4. The number of nitrogens with two attached hydrogens (primary N) is 1. The van der Waals surface area contributed by atoms with Gasteiger partial charge in [-0.25, -0.2) is 9.78 Å². The average molecular weight is 223 g/mol. The summed E-state index contributed by atoms with van der Waals surface area (Å²) < 4.78 is 0. The van der Waals surface area contributed by atoms with Gasteiger partial charge in [0.05, 0.1) is 0 Å². The minimum atomic E-state index is -1.04. The Labute approximate surface area is 92.5 Å². The first-order valence-electron chi connectivity index (χ1n) is 4.81. The number of carbonyl (C=O) groups is 2. The number of aromatic carboxylic acids is 1. The second-order valence-corrected chi connectivity index (χ2v) is 3.20. The van der Waals surface area contributed by atoms with Crippen LogP contribution >= 0.6 is 0 Å². The van der Waals surface area contributed by atoms with Gasteiger partial charge in [0.1, 0.15) is 11.4 Å². The zero-order chi connectivity index (χ0) is 12.0. The van der Waals surface area contributed by atoms with Gasteiger partial charge in [-0.15, -0.1) is 0 Å². The highest BCUT2D eigenvalue weighted by molar-refractivity contribution is 5.92. The smallest absolute Gasteiger partial charge is 0.339 e. The van der Waals surface area contributed by atoms with Crippen LogP contribution < -0.4 is 11.1 Å². The van der Waals surface area contributed by atoms with Gasteiger partial charge in [-0.3, -0.25) is 4.79 Å². The topological polar surface area (TPSA) is 105 Å². The quantitative estimate of drug-likeness (QED) is 0.607. The van der Waals surface area contributed by atoms with Crippen molar-refractivity contribution in [3.05, 3.63) is 23.9 Å². The van der Waals surface area contributed by atoms with E-state index >= 15 is 0 Å². The number of nitrogens with zero attached hydrogens (tertiary/aromatic N) is 1. The van der Waals surface area contributed by atoms with Crippen LogP contribution in [-0.4, -0.2) is 28.5 Å². The molecule has 0 aliphatic rings. The normalized spacial score (nSPS) is 9.75. The first-order valence-corrected chi connectivity index (χ1v) is 4.81. The Kier molecular flexibility index (Phi) is 4.26. The highest BCUT2D eigenvalue weighted by atomic mass is 16.4. The molecule has 0 unspecified atom stereocenters. The molecule has 4 N–H and O–H groups in total. The van der Waals surface area contributed by atoms with Crippen molar-refractivity contribution in [3.63, 3.8) is 0 Å². The summed E-state index contributed by atoms with van der Waals surface area (Å²) in [7, 11) is 0. The molecule has 1 aromatic rings. The number of carboxylic acids is 1. The van der Waals surface area contributed by atoms with Crippen LogP contribution in [0.5, 0.6) is 0 Å². The van der Waals surface area contributed by atoms with Gasteiger partial charge in [0.15, 0.2) is 0 Å². The maximum Gasteiger partial charge on any atom is 0.339 e. The zero-order valence-electron chi connectivity index (χ0n) is 8.64. The standard InChI is InChI=1S/C10H13N3O3/c11-8(14)4-2-6-13-9-7(10(15)16)3-1-5-12-9/h1,3,5H,2,4,6H2,(H2,11,14)(H,12,13)(H,15,16). The van der Waals surface area contributed by atoms with Gasteiger partial charge in [-0.2, -0.15) is 0 Å². The Bertz CT molecular complexity index is 393. The average Bonchev–Trinajstić information content (AvgIpc) is 2.24. The molecule has 0 aromatic carbocycles. The monoisotopic (exact) mass is 223 g/mol. The molecule has 6 nitrogen and oxygen atoms in total. The molecule has 0 saturated heterocycles. The van der Waals surface area contributed by atoms with E-state index < -0.39 is 5.97 Å². The molecule has 16 heavy (non-hydrogen) atoms. The summed E-state index contributed by atoms with van der Waals surface area (Å²) >= 11 is 0. The van der Waals surface area contributed by atoms with E-state index in [0.29, 0.717) is 18.8 Å². The molecule has 0 fully saturated rings. The fourth-order valence-corrected chi connectivity index (χ4v) is 1.19. The summed E-state index contributed by atoms with van der Waals surface area (Å²) in [6.07, 6.45) is 2.32. The van der Waals surface area contributed by atoms with Crippen LogP contribution in [0.2, 0.25) is 0 Å². The third-order valence-corrected chi connectivity index (χ3v) is 1.93. The fraction of sp³-hybridized carbons (Fsp3) is 0.300. The molecule has 86 valence electrons. The molecule has 0 bridgehead atoms. The summed E-state index contributed by atoms with van der Waals surface area (Å²) in [4.78, 5) is 25.2. The van der Waals surface area contributed by atoms with Gasteiger partial charge in [-0.05, 0) is 18.6 Å². The molecular weight excluding hydrogens is 210 g/mol. The summed E-state index contributed by atoms with van der Waals surface area (Å²) in [5, 5.41) is 11.7. The van der Waals surface area contributed by atoms with Crippen molar-refractivity contribution >= 4 is 17.7 Å². The van der Waals surface area contributed by atoms with E-state index in [9.17, 15) is 9.59 Å². The second kappa shape index (κ2) is 5.69. The van der Waals surface area contributed by atoms with Crippen LogP contribution in [0.4, 0.5) is 5.82 Å². The number of pyridine rings is 1. The molecule has 1 rings (SSSR count). The van der Waals surface area contributed by atoms with Crippen LogP contribution in [0.3, 0.4) is 0 Å². The van der Waals surface area contributed by atoms with Crippen LogP contribution in [-0.2, 0) is 4.79 Å². The first kappa shape index (κ1) is 12.0. The van der Waals surface area contributed by atoms with Crippen molar-refractivity contribution in [1.29, 1.82) is 0 Å². The first-order chi connectivity index (χ1) is 7.61. The number of carbonyl (C=O) groups excluding carboxylic acids is 1. The van der Waals surface area contributed by atoms with Gasteiger partial charge in [0.25, 0.3) is 0 Å². The summed E-state index contributed by atoms with van der Waals surface area (Å²) in [6.45, 7) is 0.459. The minimum absolute atomic E-state index is 0.113. The van der Waals surface area contributed by atoms with E-state index in [1.54, 1.807) is 6.07 Å². The highest BCUT2D eigenvalue weighted by Crippen LogP contribution is 2.10. The van der Waals surface area contributed by atoms with Crippen LogP contribution in [0.15, 0.2) is 18.3 Å². The molecule has 1 amide bonds. The molecule has 0 radical (unpaired) electrons. The molecule has 0 saturated carbocycles. The Balaban J connectivity index is 2.53. The number of anilines is 1. The predicted octanol–water partition coefficient (Wildman–Crippen LogP) is 0.457. The third-order valence-electron chi connectivity index (χ3n) is 1.93. The SMILES string of the molecule is NC(=O)CCCNc1ncccc1C(=O)O. The molecule has 6 heteroatoms. The van der Waals surface area contributed by atoms with Crippen molar-refractivity contribution in [2.45, 2.75) is 12.8 Å². The van der Waals surface area contributed by atoms with E-state index in [1.165, 1.54) is 12.3 Å². The molecule has 0 atom stereocenters. The Morgan fingerprint density at radius 2 is 2.25 bits per heavy atom. The number of rotatable bonds is 6. The molecule has 0 aliphatic heterocycles. The molecule has 0 spiro atoms. The Morgan fingerprint density at radius 1 is 1.50 bits per heavy atom. The van der Waals surface area contributed by atoms with Crippen LogP contribution in [0, 0.1) is 0 Å². The maximum absolute atomic E-state index is 10.8. The van der Waals surface area contributed by atoms with Crippen molar-refractivity contribution < 1.29 is 14.7 Å². The second-order valence-electron chi connectivity index (χ2n) is 3.20. The van der Waals surface area contributed by atoms with E-state index in [2.05, 4.69) is 10.3 Å². The van der Waals surface area contributed by atoms with Gasteiger partial charge >= 0.3 is 5.97 Å². The molecule has 1 heterocycles. The molecule has 0 aliphatic carbocycles. The number of carboxylic acid groups (broad SMARTS) is 1. The number of aromatic nitrogens is 1. The van der Waals surface area contributed by atoms with Crippen molar-refractivity contribution in [3.8, 4) is 0 Å². The van der Waals surface area contributed by atoms with E-state index in [-0.39, 0.29) is 17.9 Å². The molecular formula is C10H13N3O3. The zero-order valence-corrected chi connectivity index (χ0v) is 8.64. The van der Waals surface area contributed by atoms with E-state index in [1.807, 2.05) is 0 Å². The predicted molar refractivity (Wildman–Crippen MR) is 58.1 cm³/mol. The Hall–Kier alpha value is -2.11. The van der Waals surface area contributed by atoms with E-state index in [0.717, 1.165) is 0 Å². The van der Waals surface area contributed by atoms with Gasteiger partial charge in [0, 0.05) is 19.2 Å². The third kappa shape index (κ3) is 3.56. The van der Waals surface area contributed by atoms with Gasteiger partial charge < -0.3 is 16.2 Å². The largest absolute Gasteiger partial charge is 0.478 e. The Morgan fingerprint density at radius 3 is 2.88 bits per heavy atom. The van der Waals surface area contributed by atoms with Crippen LogP contribution in [0.1, 0.15) is 23.2 Å². The molecule has 1 aromatic heterocycles. The lowest BCUT2D eigenvalue weighted by Gasteiger charge is -2.06. The number of primary amides is 1. The lowest BCUT2D eigenvalue weighted by Crippen LogP contribution is -2.14.